The summed E-state index contributed by atoms with van der Waals surface area (Å²) in [4.78, 5) is 12.0. The normalized spacial score (nSPS) is 11.2. The summed E-state index contributed by atoms with van der Waals surface area (Å²) in [6.07, 6.45) is 0.720. The minimum absolute atomic E-state index is 0.133. The van der Waals surface area contributed by atoms with Crippen LogP contribution in [0.3, 0.4) is 0 Å². The summed E-state index contributed by atoms with van der Waals surface area (Å²) in [5.74, 6) is 0.191. The molecule has 2 aromatic carbocycles. The van der Waals surface area contributed by atoms with Gasteiger partial charge in [-0.1, -0.05) is 36.8 Å². The molecule has 0 atom stereocenters. The third kappa shape index (κ3) is 6.16. The molecule has 0 saturated heterocycles. The summed E-state index contributed by atoms with van der Waals surface area (Å²) in [5.41, 5.74) is 2.18. The van der Waals surface area contributed by atoms with Gasteiger partial charge in [0.1, 0.15) is 5.75 Å². The molecule has 140 valence electrons. The Morgan fingerprint density at radius 3 is 2.31 bits per heavy atom. The lowest BCUT2D eigenvalue weighted by atomic mass is 10.1. The summed E-state index contributed by atoms with van der Waals surface area (Å²) < 4.78 is 31.9. The Morgan fingerprint density at radius 2 is 1.69 bits per heavy atom. The topological polar surface area (TPSA) is 84.5 Å². The van der Waals surface area contributed by atoms with Crippen molar-refractivity contribution < 1.29 is 17.9 Å². The van der Waals surface area contributed by atoms with Crippen LogP contribution >= 0.6 is 0 Å². The maximum atomic E-state index is 12.0. The average Bonchev–Trinajstić information content (AvgIpc) is 2.64. The molecule has 0 aliphatic carbocycles. The maximum absolute atomic E-state index is 12.0. The Morgan fingerprint density at radius 1 is 1.04 bits per heavy atom. The van der Waals surface area contributed by atoms with Gasteiger partial charge in [0, 0.05) is 13.1 Å². The summed E-state index contributed by atoms with van der Waals surface area (Å²) >= 11 is 0. The van der Waals surface area contributed by atoms with Crippen LogP contribution in [0.15, 0.2) is 53.4 Å². The molecule has 0 heterocycles. The van der Waals surface area contributed by atoms with E-state index in [-0.39, 0.29) is 17.4 Å². The van der Waals surface area contributed by atoms with Crippen LogP contribution in [0.25, 0.3) is 0 Å². The van der Waals surface area contributed by atoms with E-state index in [4.69, 9.17) is 4.74 Å². The van der Waals surface area contributed by atoms with E-state index < -0.39 is 10.0 Å². The van der Waals surface area contributed by atoms with E-state index in [1.807, 2.05) is 38.1 Å². The molecular formula is C19H24N2O4S. The number of nitrogens with one attached hydrogen (secondary N) is 2. The Balaban J connectivity index is 1.81. The van der Waals surface area contributed by atoms with Crippen LogP contribution in [-0.4, -0.2) is 27.5 Å². The highest BCUT2D eigenvalue weighted by Gasteiger charge is 2.13. The first-order valence-electron chi connectivity index (χ1n) is 8.45. The first-order chi connectivity index (χ1) is 12.4. The molecule has 26 heavy (non-hydrogen) atoms. The SMILES string of the molecule is CCCNS(=O)(=O)c1ccc(OCC(=O)NCc2ccc(C)cc2)cc1. The van der Waals surface area contributed by atoms with Crippen molar-refractivity contribution in [3.05, 3.63) is 59.7 Å². The summed E-state index contributed by atoms with van der Waals surface area (Å²) in [6.45, 7) is 4.59. The Hall–Kier alpha value is -2.38. The second kappa shape index (κ2) is 9.35. The highest BCUT2D eigenvalue weighted by molar-refractivity contribution is 7.89. The molecule has 6 nitrogen and oxygen atoms in total. The molecule has 0 radical (unpaired) electrons. The maximum Gasteiger partial charge on any atom is 0.258 e. The number of amides is 1. The zero-order valence-electron chi connectivity index (χ0n) is 15.0. The van der Waals surface area contributed by atoms with Gasteiger partial charge in [-0.3, -0.25) is 4.79 Å². The van der Waals surface area contributed by atoms with Crippen LogP contribution in [0.5, 0.6) is 5.75 Å². The van der Waals surface area contributed by atoms with Crippen molar-refractivity contribution in [2.75, 3.05) is 13.2 Å². The Kier molecular flexibility index (Phi) is 7.17. The molecule has 2 N–H and O–H groups in total. The monoisotopic (exact) mass is 376 g/mol. The number of benzene rings is 2. The molecule has 0 aromatic heterocycles. The van der Waals surface area contributed by atoms with Crippen LogP contribution in [0.2, 0.25) is 0 Å². The molecule has 0 bridgehead atoms. The lowest BCUT2D eigenvalue weighted by Crippen LogP contribution is -2.28. The number of hydrogen-bond acceptors (Lipinski definition) is 4. The largest absolute Gasteiger partial charge is 0.484 e. The van der Waals surface area contributed by atoms with Crippen LogP contribution < -0.4 is 14.8 Å². The molecule has 0 spiro atoms. The molecule has 7 heteroatoms. The van der Waals surface area contributed by atoms with Crippen molar-refractivity contribution in [1.29, 1.82) is 0 Å². The number of hydrogen-bond donors (Lipinski definition) is 2. The summed E-state index contributed by atoms with van der Waals surface area (Å²) in [5, 5.41) is 2.78. The van der Waals surface area contributed by atoms with Gasteiger partial charge in [0.2, 0.25) is 10.0 Å². The van der Waals surface area contributed by atoms with Gasteiger partial charge in [0.15, 0.2) is 6.61 Å². The van der Waals surface area contributed by atoms with Gasteiger partial charge in [-0.2, -0.15) is 0 Å². The smallest absolute Gasteiger partial charge is 0.258 e. The van der Waals surface area contributed by atoms with Gasteiger partial charge in [0.25, 0.3) is 5.91 Å². The molecule has 0 fully saturated rings. The van der Waals surface area contributed by atoms with E-state index in [1.165, 1.54) is 29.8 Å². The quantitative estimate of drug-likeness (QED) is 0.704. The van der Waals surface area contributed by atoms with E-state index >= 15 is 0 Å². The highest BCUT2D eigenvalue weighted by atomic mass is 32.2. The zero-order valence-corrected chi connectivity index (χ0v) is 15.8. The van der Waals surface area contributed by atoms with Crippen LogP contribution in [-0.2, 0) is 21.4 Å². The number of sulfonamides is 1. The molecule has 0 aliphatic heterocycles. The van der Waals surface area contributed by atoms with Gasteiger partial charge in [0.05, 0.1) is 4.90 Å². The van der Waals surface area contributed by atoms with Crippen molar-refractivity contribution in [3.8, 4) is 5.75 Å². The molecule has 1 amide bonds. The van der Waals surface area contributed by atoms with Crippen LogP contribution in [0, 0.1) is 6.92 Å². The number of rotatable bonds is 9. The molecule has 0 unspecified atom stereocenters. The van der Waals surface area contributed by atoms with E-state index in [1.54, 1.807) is 0 Å². The minimum atomic E-state index is -3.50. The van der Waals surface area contributed by atoms with Crippen molar-refractivity contribution >= 4 is 15.9 Å². The van der Waals surface area contributed by atoms with Crippen molar-refractivity contribution in [3.63, 3.8) is 0 Å². The number of ether oxygens (including phenoxy) is 1. The Labute approximate surface area is 154 Å². The summed E-state index contributed by atoms with van der Waals surface area (Å²) in [6, 6.07) is 13.9. The third-order valence-electron chi connectivity index (χ3n) is 3.66. The number of carbonyl (C=O) groups excluding carboxylic acids is 1. The van der Waals surface area contributed by atoms with Gasteiger partial charge in [-0.05, 0) is 43.2 Å². The second-order valence-electron chi connectivity index (χ2n) is 5.92. The van der Waals surface area contributed by atoms with E-state index in [2.05, 4.69) is 10.0 Å². The van der Waals surface area contributed by atoms with Gasteiger partial charge in [-0.25, -0.2) is 13.1 Å². The fourth-order valence-corrected chi connectivity index (χ4v) is 3.28. The highest BCUT2D eigenvalue weighted by Crippen LogP contribution is 2.15. The predicted octanol–water partition coefficient (Wildman–Crippen LogP) is 2.38. The van der Waals surface area contributed by atoms with Crippen molar-refractivity contribution in [1.82, 2.24) is 10.0 Å². The lowest BCUT2D eigenvalue weighted by Gasteiger charge is -2.09. The molecular weight excluding hydrogens is 352 g/mol. The molecule has 0 saturated carbocycles. The lowest BCUT2D eigenvalue weighted by molar-refractivity contribution is -0.123. The van der Waals surface area contributed by atoms with Gasteiger partial charge in [-0.15, -0.1) is 0 Å². The molecule has 0 aliphatic rings. The first kappa shape index (κ1) is 19.9. The Bertz CT molecular complexity index is 816. The predicted molar refractivity (Wildman–Crippen MR) is 100 cm³/mol. The standard InChI is InChI=1S/C19H24N2O4S/c1-3-12-21-26(23,24)18-10-8-17(9-11-18)25-14-19(22)20-13-16-6-4-15(2)5-7-16/h4-11,21H,3,12-14H2,1-2H3,(H,20,22). The first-order valence-corrected chi connectivity index (χ1v) is 9.94. The fraction of sp³-hybridized carbons (Fsp3) is 0.316. The zero-order chi connectivity index (χ0) is 19.0. The average molecular weight is 376 g/mol. The third-order valence-corrected chi connectivity index (χ3v) is 5.13. The van der Waals surface area contributed by atoms with E-state index in [0.29, 0.717) is 18.8 Å². The number of carbonyl (C=O) groups is 1. The summed E-state index contributed by atoms with van der Waals surface area (Å²) in [7, 11) is -3.50. The van der Waals surface area contributed by atoms with Gasteiger partial charge >= 0.3 is 0 Å². The minimum Gasteiger partial charge on any atom is -0.484 e. The van der Waals surface area contributed by atoms with Crippen LogP contribution in [0.4, 0.5) is 0 Å². The second-order valence-corrected chi connectivity index (χ2v) is 7.69. The van der Waals surface area contributed by atoms with Gasteiger partial charge < -0.3 is 10.1 Å². The molecule has 2 aromatic rings. The van der Waals surface area contributed by atoms with E-state index in [9.17, 15) is 13.2 Å². The number of aryl methyl sites for hydroxylation is 1. The molecule has 2 rings (SSSR count). The van der Waals surface area contributed by atoms with E-state index in [0.717, 1.165) is 12.0 Å². The van der Waals surface area contributed by atoms with Crippen molar-refractivity contribution in [2.24, 2.45) is 0 Å². The van der Waals surface area contributed by atoms with Crippen LogP contribution in [0.1, 0.15) is 24.5 Å². The fourth-order valence-electron chi connectivity index (χ4n) is 2.14. The van der Waals surface area contributed by atoms with Crippen molar-refractivity contribution in [2.45, 2.75) is 31.7 Å².